The van der Waals surface area contributed by atoms with Crippen LogP contribution in [0.25, 0.3) is 0 Å². The Labute approximate surface area is 165 Å². The normalized spacial score (nSPS) is 12.0. The van der Waals surface area contributed by atoms with Crippen LogP contribution in [0.1, 0.15) is 38.1 Å². The van der Waals surface area contributed by atoms with Gasteiger partial charge in [0.1, 0.15) is 11.8 Å². The van der Waals surface area contributed by atoms with Crippen molar-refractivity contribution in [3.63, 3.8) is 0 Å². The van der Waals surface area contributed by atoms with Gasteiger partial charge in [0.05, 0.1) is 6.54 Å². The molecule has 7 heteroatoms. The van der Waals surface area contributed by atoms with Gasteiger partial charge in [0.2, 0.25) is 0 Å². The third-order valence-electron chi connectivity index (χ3n) is 3.62. The first-order valence-corrected chi connectivity index (χ1v) is 9.04. The lowest BCUT2D eigenvalue weighted by molar-refractivity contribution is 0.0112. The van der Waals surface area contributed by atoms with Crippen molar-refractivity contribution in [3.8, 4) is 0 Å². The molecule has 144 valence electrons. The molecular formula is C20H25N3O3S. The van der Waals surface area contributed by atoms with Gasteiger partial charge in [0.15, 0.2) is 0 Å². The summed E-state index contributed by atoms with van der Waals surface area (Å²) < 4.78 is 7.82. The van der Waals surface area contributed by atoms with Crippen molar-refractivity contribution in [2.24, 2.45) is 0 Å². The average Bonchev–Trinajstić information content (AvgIpc) is 2.64. The fourth-order valence-electron chi connectivity index (χ4n) is 2.49. The van der Waals surface area contributed by atoms with Gasteiger partial charge in [-0.2, -0.15) is 0 Å². The first-order valence-electron chi connectivity index (χ1n) is 8.59. The summed E-state index contributed by atoms with van der Waals surface area (Å²) in [6, 6.07) is 18.2. The lowest BCUT2D eigenvalue weighted by Crippen LogP contribution is -2.47. The van der Waals surface area contributed by atoms with Crippen molar-refractivity contribution in [3.05, 3.63) is 71.8 Å². The molecule has 0 saturated carbocycles. The number of hydrogen-bond acceptors (Lipinski definition) is 4. The molecule has 2 rings (SSSR count). The predicted octanol–water partition coefficient (Wildman–Crippen LogP) is 4.27. The monoisotopic (exact) mass is 387 g/mol. The van der Waals surface area contributed by atoms with Gasteiger partial charge in [0.25, 0.3) is 0 Å². The number of thiol groups is 1. The summed E-state index contributed by atoms with van der Waals surface area (Å²) in [7, 11) is 0. The standard InChI is InChI=1S/C20H25N3O3S/c1-20(2,3)26-19(25)23(14-15-10-6-4-7-11-15)17(21-18(24)22-27)16-12-8-5-9-13-16/h4-13,17,27H,14H2,1-3H3,(H2,21,22,24). The zero-order chi connectivity index (χ0) is 19.9. The van der Waals surface area contributed by atoms with Gasteiger partial charge in [-0.05, 0) is 31.9 Å². The summed E-state index contributed by atoms with van der Waals surface area (Å²) in [6.07, 6.45) is -1.26. The van der Waals surface area contributed by atoms with Gasteiger partial charge in [-0.3, -0.25) is 9.62 Å². The van der Waals surface area contributed by atoms with E-state index in [2.05, 4.69) is 22.9 Å². The molecule has 1 unspecified atom stereocenters. The van der Waals surface area contributed by atoms with Crippen molar-refractivity contribution >= 4 is 24.9 Å². The van der Waals surface area contributed by atoms with Crippen LogP contribution < -0.4 is 10.0 Å². The summed E-state index contributed by atoms with van der Waals surface area (Å²) in [5, 5.41) is 2.77. The maximum absolute atomic E-state index is 13.0. The Morgan fingerprint density at radius 3 is 2.11 bits per heavy atom. The van der Waals surface area contributed by atoms with E-state index in [9.17, 15) is 9.59 Å². The van der Waals surface area contributed by atoms with E-state index in [0.29, 0.717) is 0 Å². The first-order chi connectivity index (χ1) is 12.8. The molecule has 0 aliphatic heterocycles. The number of amides is 3. The van der Waals surface area contributed by atoms with Crippen molar-refractivity contribution in [2.75, 3.05) is 0 Å². The van der Waals surface area contributed by atoms with Gasteiger partial charge in [-0.15, -0.1) is 0 Å². The van der Waals surface area contributed by atoms with Crippen LogP contribution in [-0.4, -0.2) is 22.6 Å². The van der Waals surface area contributed by atoms with E-state index in [1.165, 1.54) is 4.90 Å². The SMILES string of the molecule is CC(C)(C)OC(=O)N(Cc1ccccc1)C(NC(=O)NS)c1ccccc1. The molecule has 0 heterocycles. The average molecular weight is 388 g/mol. The van der Waals surface area contributed by atoms with Crippen molar-refractivity contribution < 1.29 is 14.3 Å². The highest BCUT2D eigenvalue weighted by Crippen LogP contribution is 2.23. The highest BCUT2D eigenvalue weighted by Gasteiger charge is 2.30. The van der Waals surface area contributed by atoms with Crippen LogP contribution >= 0.6 is 12.8 Å². The molecule has 0 spiro atoms. The Bertz CT molecular complexity index is 748. The Kier molecular flexibility index (Phi) is 7.12. The van der Waals surface area contributed by atoms with Crippen LogP contribution in [0.2, 0.25) is 0 Å². The van der Waals surface area contributed by atoms with E-state index >= 15 is 0 Å². The third-order valence-corrected chi connectivity index (χ3v) is 3.82. The van der Waals surface area contributed by atoms with Gasteiger partial charge < -0.3 is 10.1 Å². The molecule has 0 aliphatic rings. The van der Waals surface area contributed by atoms with Crippen molar-refractivity contribution in [2.45, 2.75) is 39.1 Å². The van der Waals surface area contributed by atoms with Crippen LogP contribution in [0.5, 0.6) is 0 Å². The minimum absolute atomic E-state index is 0.266. The topological polar surface area (TPSA) is 70.7 Å². The number of nitrogens with zero attached hydrogens (tertiary/aromatic N) is 1. The van der Waals surface area contributed by atoms with E-state index < -0.39 is 23.9 Å². The summed E-state index contributed by atoms with van der Waals surface area (Å²) in [5.74, 6) is 0. The minimum Gasteiger partial charge on any atom is -0.444 e. The number of nitrogens with one attached hydrogen (secondary N) is 2. The van der Waals surface area contributed by atoms with Crippen molar-refractivity contribution in [1.29, 1.82) is 0 Å². The zero-order valence-corrected chi connectivity index (χ0v) is 16.6. The van der Waals surface area contributed by atoms with E-state index in [-0.39, 0.29) is 6.54 Å². The Morgan fingerprint density at radius 1 is 1.04 bits per heavy atom. The summed E-state index contributed by atoms with van der Waals surface area (Å²) in [6.45, 7) is 5.67. The van der Waals surface area contributed by atoms with Gasteiger partial charge in [0, 0.05) is 0 Å². The van der Waals surface area contributed by atoms with Crippen LogP contribution in [0.3, 0.4) is 0 Å². The number of carbonyl (C=O) groups is 2. The first kappa shape index (κ1) is 20.6. The van der Waals surface area contributed by atoms with E-state index in [1.54, 1.807) is 20.8 Å². The van der Waals surface area contributed by atoms with E-state index in [0.717, 1.165) is 11.1 Å². The van der Waals surface area contributed by atoms with Gasteiger partial charge in [-0.1, -0.05) is 73.5 Å². The second-order valence-corrected chi connectivity index (χ2v) is 7.22. The molecule has 6 nitrogen and oxygen atoms in total. The van der Waals surface area contributed by atoms with Gasteiger partial charge >= 0.3 is 12.1 Å². The molecule has 0 fully saturated rings. The minimum atomic E-state index is -0.728. The Hall–Kier alpha value is -2.67. The van der Waals surface area contributed by atoms with E-state index in [1.807, 2.05) is 60.7 Å². The number of carbonyl (C=O) groups excluding carboxylic acids is 2. The van der Waals surface area contributed by atoms with Crippen LogP contribution in [-0.2, 0) is 11.3 Å². The lowest BCUT2D eigenvalue weighted by Gasteiger charge is -2.34. The highest BCUT2D eigenvalue weighted by atomic mass is 32.1. The number of ether oxygens (including phenoxy) is 1. The third kappa shape index (κ3) is 6.53. The molecule has 27 heavy (non-hydrogen) atoms. The molecular weight excluding hydrogens is 362 g/mol. The molecule has 3 amide bonds. The quantitative estimate of drug-likeness (QED) is 0.530. The molecule has 2 aromatic rings. The number of rotatable bonds is 5. The number of urea groups is 1. The molecule has 0 aromatic heterocycles. The largest absolute Gasteiger partial charge is 0.444 e. The smallest absolute Gasteiger partial charge is 0.412 e. The fourth-order valence-corrected chi connectivity index (χ4v) is 2.56. The van der Waals surface area contributed by atoms with Crippen LogP contribution in [0.4, 0.5) is 9.59 Å². The summed E-state index contributed by atoms with van der Waals surface area (Å²) in [4.78, 5) is 26.4. The molecule has 0 saturated heterocycles. The number of benzene rings is 2. The van der Waals surface area contributed by atoms with Gasteiger partial charge in [-0.25, -0.2) is 9.59 Å². The molecule has 0 aliphatic carbocycles. The molecule has 0 bridgehead atoms. The highest BCUT2D eigenvalue weighted by molar-refractivity contribution is 7.78. The van der Waals surface area contributed by atoms with Crippen LogP contribution in [0, 0.1) is 0 Å². The Balaban J connectivity index is 2.41. The maximum Gasteiger partial charge on any atom is 0.412 e. The van der Waals surface area contributed by atoms with Crippen LogP contribution in [0.15, 0.2) is 60.7 Å². The Morgan fingerprint density at radius 2 is 1.59 bits per heavy atom. The predicted molar refractivity (Wildman–Crippen MR) is 108 cm³/mol. The van der Waals surface area contributed by atoms with E-state index in [4.69, 9.17) is 4.74 Å². The molecule has 1 atom stereocenters. The second-order valence-electron chi connectivity index (χ2n) is 6.99. The number of hydrogen-bond donors (Lipinski definition) is 3. The molecule has 2 N–H and O–H groups in total. The van der Waals surface area contributed by atoms with Crippen molar-refractivity contribution in [1.82, 2.24) is 14.9 Å². The molecule has 2 aromatic carbocycles. The summed E-state index contributed by atoms with van der Waals surface area (Å²) in [5.41, 5.74) is 0.993. The fraction of sp³-hybridized carbons (Fsp3) is 0.300. The molecule has 0 radical (unpaired) electrons. The maximum atomic E-state index is 13.0. The lowest BCUT2D eigenvalue weighted by atomic mass is 10.1. The second kappa shape index (κ2) is 9.32. The zero-order valence-electron chi connectivity index (χ0n) is 15.7. The summed E-state index contributed by atoms with van der Waals surface area (Å²) >= 11 is 3.79.